The highest BCUT2D eigenvalue weighted by Gasteiger charge is 2.37. The van der Waals surface area contributed by atoms with Crippen molar-refractivity contribution in [2.75, 3.05) is 37.9 Å². The molecular weight excluding hydrogens is 555 g/mol. The molecule has 0 aliphatic heterocycles. The molecule has 0 bridgehead atoms. The summed E-state index contributed by atoms with van der Waals surface area (Å²) in [6.45, 7) is 17.6. The number of nitrogens with zero attached hydrogens (tertiary/aromatic N) is 2. The predicted molar refractivity (Wildman–Crippen MR) is 172 cm³/mol. The molecule has 3 aromatic rings. The lowest BCUT2D eigenvalue weighted by atomic mass is 9.80. The van der Waals surface area contributed by atoms with Gasteiger partial charge < -0.3 is 18.6 Å². The van der Waals surface area contributed by atoms with Crippen LogP contribution >= 0.6 is 30.1 Å². The zero-order valence-electron chi connectivity index (χ0n) is 23.9. The van der Waals surface area contributed by atoms with Crippen molar-refractivity contribution in [2.24, 2.45) is 0 Å². The fourth-order valence-electron chi connectivity index (χ4n) is 4.57. The van der Waals surface area contributed by atoms with Gasteiger partial charge in [0, 0.05) is 23.6 Å². The summed E-state index contributed by atoms with van der Waals surface area (Å²) < 4.78 is 21.3. The monoisotopic (exact) mass is 596 g/mol. The van der Waals surface area contributed by atoms with Crippen molar-refractivity contribution in [1.82, 2.24) is 4.67 Å². The zero-order chi connectivity index (χ0) is 28.6. The summed E-state index contributed by atoms with van der Waals surface area (Å²) in [6, 6.07) is 32.1. The first-order valence-corrected chi connectivity index (χ1v) is 17.3. The van der Waals surface area contributed by atoms with E-state index >= 15 is 0 Å². The van der Waals surface area contributed by atoms with E-state index in [9.17, 15) is 0 Å². The first-order valence-electron chi connectivity index (χ1n) is 13.7. The Morgan fingerprint density at radius 1 is 0.700 bits per heavy atom. The number of rotatable bonds is 18. The second kappa shape index (κ2) is 17.8. The molecule has 0 saturated heterocycles. The Hall–Kier alpha value is -1.88. The minimum atomic E-state index is -1.19. The smallest absolute Gasteiger partial charge is 0.259 e. The second-order valence-corrected chi connectivity index (χ2v) is 13.8. The molecule has 0 spiro atoms. The molecule has 0 N–H and O–H groups in total. The first kappa shape index (κ1) is 32.6. The molecule has 0 aliphatic carbocycles. The Kier molecular flexibility index (Phi) is 14.5. The minimum Gasteiger partial charge on any atom is -0.360 e. The fourth-order valence-corrected chi connectivity index (χ4v) is 7.93. The molecule has 0 amide bonds. The van der Waals surface area contributed by atoms with Crippen molar-refractivity contribution in [3.05, 3.63) is 119 Å². The van der Waals surface area contributed by atoms with Gasteiger partial charge in [-0.15, -0.1) is 0 Å². The maximum Gasteiger partial charge on any atom is 0.259 e. The van der Waals surface area contributed by atoms with E-state index in [0.717, 1.165) is 28.2 Å². The molecule has 8 heteroatoms. The Morgan fingerprint density at radius 3 is 1.55 bits per heavy atom. The summed E-state index contributed by atoms with van der Waals surface area (Å²) in [6.07, 6.45) is 0. The van der Waals surface area contributed by atoms with Crippen LogP contribution in [0.25, 0.3) is 4.85 Å². The molecule has 214 valence electrons. The van der Waals surface area contributed by atoms with Crippen LogP contribution in [0, 0.1) is 6.57 Å². The number of ether oxygens (including phenoxy) is 1. The van der Waals surface area contributed by atoms with Crippen LogP contribution in [0.15, 0.2) is 91.0 Å². The number of benzene rings is 3. The van der Waals surface area contributed by atoms with Gasteiger partial charge in [0.2, 0.25) is 6.54 Å². The van der Waals surface area contributed by atoms with Gasteiger partial charge in [-0.1, -0.05) is 113 Å². The highest BCUT2D eigenvalue weighted by molar-refractivity contribution is 8.76. The molecule has 40 heavy (non-hydrogen) atoms. The van der Waals surface area contributed by atoms with Crippen molar-refractivity contribution in [2.45, 2.75) is 45.4 Å². The van der Waals surface area contributed by atoms with E-state index in [4.69, 9.17) is 20.4 Å². The third kappa shape index (κ3) is 9.33. The SMILES string of the molecule is [C-]#[N+]CCOP(OCCSSCCOC(c1ccccc1)(c1ccccc1)c1ccccc1)N(C(C)C)C(C)C. The summed E-state index contributed by atoms with van der Waals surface area (Å²) in [5.74, 6) is 1.69. The highest BCUT2D eigenvalue weighted by Crippen LogP contribution is 2.46. The molecule has 0 heterocycles. The molecule has 3 rings (SSSR count). The molecule has 0 saturated carbocycles. The molecule has 3 aromatic carbocycles. The van der Waals surface area contributed by atoms with Crippen molar-refractivity contribution in [3.63, 3.8) is 0 Å². The Labute approximate surface area is 250 Å². The number of hydrogen-bond acceptors (Lipinski definition) is 6. The lowest BCUT2D eigenvalue weighted by Crippen LogP contribution is -2.34. The van der Waals surface area contributed by atoms with Crippen molar-refractivity contribution in [1.29, 1.82) is 0 Å². The highest BCUT2D eigenvalue weighted by atomic mass is 33.1. The van der Waals surface area contributed by atoms with E-state index < -0.39 is 14.1 Å². The van der Waals surface area contributed by atoms with E-state index in [2.05, 4.69) is 110 Å². The van der Waals surface area contributed by atoms with Gasteiger partial charge in [-0.05, 0) is 44.4 Å². The average molecular weight is 597 g/mol. The van der Waals surface area contributed by atoms with Gasteiger partial charge in [-0.2, -0.15) is 0 Å². The third-order valence-corrected chi connectivity index (χ3v) is 10.6. The van der Waals surface area contributed by atoms with Crippen LogP contribution in [0.1, 0.15) is 44.4 Å². The second-order valence-electron chi connectivity index (χ2n) is 9.63. The molecule has 1 unspecified atom stereocenters. The Morgan fingerprint density at radius 2 is 1.12 bits per heavy atom. The Balaban J connectivity index is 1.59. The van der Waals surface area contributed by atoms with Gasteiger partial charge >= 0.3 is 0 Å². The molecule has 5 nitrogen and oxygen atoms in total. The van der Waals surface area contributed by atoms with Crippen LogP contribution in [-0.4, -0.2) is 54.6 Å². The molecule has 0 fully saturated rings. The minimum absolute atomic E-state index is 0.303. The number of hydrogen-bond donors (Lipinski definition) is 0. The van der Waals surface area contributed by atoms with E-state index in [0.29, 0.717) is 38.4 Å². The van der Waals surface area contributed by atoms with Crippen LogP contribution in [0.3, 0.4) is 0 Å². The average Bonchev–Trinajstić information content (AvgIpc) is 2.97. The van der Waals surface area contributed by atoms with Crippen LogP contribution in [-0.2, 0) is 19.4 Å². The van der Waals surface area contributed by atoms with Gasteiger partial charge in [-0.3, -0.25) is 0 Å². The summed E-state index contributed by atoms with van der Waals surface area (Å²) in [7, 11) is 2.40. The largest absolute Gasteiger partial charge is 0.360 e. The van der Waals surface area contributed by atoms with Gasteiger partial charge in [0.15, 0.2) is 0 Å². The third-order valence-electron chi connectivity index (χ3n) is 6.13. The first-order chi connectivity index (χ1) is 19.5. The molecular formula is C32H41N2O3PS2. The Bertz CT molecular complexity index is 1030. The van der Waals surface area contributed by atoms with E-state index in [-0.39, 0.29) is 0 Å². The van der Waals surface area contributed by atoms with Crippen molar-refractivity contribution in [3.8, 4) is 0 Å². The van der Waals surface area contributed by atoms with Gasteiger partial charge in [0.05, 0.1) is 13.2 Å². The van der Waals surface area contributed by atoms with Gasteiger partial charge in [0.25, 0.3) is 8.53 Å². The summed E-state index contributed by atoms with van der Waals surface area (Å²) in [5.41, 5.74) is 2.66. The maximum atomic E-state index is 7.04. The van der Waals surface area contributed by atoms with Crippen LogP contribution in [0.5, 0.6) is 0 Å². The summed E-state index contributed by atoms with van der Waals surface area (Å²) >= 11 is 0. The van der Waals surface area contributed by atoms with Crippen LogP contribution < -0.4 is 0 Å². The van der Waals surface area contributed by atoms with Crippen LogP contribution in [0.2, 0.25) is 0 Å². The summed E-state index contributed by atoms with van der Waals surface area (Å²) in [4.78, 5) is 3.41. The standard InChI is InChI=1S/C32H41N2O3PS2/c1-27(2)34(28(3)4)38(36-22-21-33-5)37-24-26-40-39-25-23-35-32(29-15-9-6-10-16-29,30-17-11-7-12-18-30)31-19-13-8-14-20-31/h6-20,27-28H,21-26H2,1-4H3. The van der Waals surface area contributed by atoms with E-state index in [1.165, 1.54) is 0 Å². The quantitative estimate of drug-likeness (QED) is 0.0481. The van der Waals surface area contributed by atoms with E-state index in [1.54, 1.807) is 21.6 Å². The van der Waals surface area contributed by atoms with Crippen molar-refractivity contribution < 1.29 is 13.8 Å². The van der Waals surface area contributed by atoms with Crippen molar-refractivity contribution >= 4 is 30.1 Å². The predicted octanol–water partition coefficient (Wildman–Crippen LogP) is 8.67. The molecule has 0 aromatic heterocycles. The molecule has 0 aliphatic rings. The van der Waals surface area contributed by atoms with Gasteiger partial charge in [0.1, 0.15) is 12.2 Å². The van der Waals surface area contributed by atoms with Crippen LogP contribution in [0.4, 0.5) is 0 Å². The van der Waals surface area contributed by atoms with E-state index in [1.807, 2.05) is 18.2 Å². The topological polar surface area (TPSA) is 35.3 Å². The summed E-state index contributed by atoms with van der Waals surface area (Å²) in [5, 5.41) is 0. The fraction of sp³-hybridized carbons (Fsp3) is 0.406. The van der Waals surface area contributed by atoms with Gasteiger partial charge in [-0.25, -0.2) is 11.2 Å². The zero-order valence-corrected chi connectivity index (χ0v) is 26.5. The normalized spacial score (nSPS) is 12.7. The lowest BCUT2D eigenvalue weighted by Gasteiger charge is -2.36. The molecule has 1 atom stereocenters. The lowest BCUT2D eigenvalue weighted by molar-refractivity contribution is 0.0234. The maximum absolute atomic E-state index is 7.04. The molecule has 0 radical (unpaired) electrons.